The zero-order valence-electron chi connectivity index (χ0n) is 11.3. The number of hydrogen-bond donors (Lipinski definition) is 1. The van der Waals surface area contributed by atoms with E-state index in [1.54, 1.807) is 6.26 Å². The summed E-state index contributed by atoms with van der Waals surface area (Å²) in [6, 6.07) is 7.80. The van der Waals surface area contributed by atoms with Gasteiger partial charge in [0.05, 0.1) is 6.26 Å². The monoisotopic (exact) mass is 271 g/mol. The molecule has 2 bridgehead atoms. The zero-order chi connectivity index (χ0) is 13.5. The molecule has 0 unspecified atom stereocenters. The summed E-state index contributed by atoms with van der Waals surface area (Å²) >= 11 is 0. The Morgan fingerprint density at radius 2 is 2.10 bits per heavy atom. The molecule has 3 saturated heterocycles. The number of carbonyl (C=O) groups excluding carboxylic acids is 1. The van der Waals surface area contributed by atoms with Gasteiger partial charge in [0, 0.05) is 23.5 Å². The molecule has 104 valence electrons. The molecule has 4 heterocycles. The van der Waals surface area contributed by atoms with Crippen LogP contribution in [0.2, 0.25) is 0 Å². The molecule has 0 spiro atoms. The van der Waals surface area contributed by atoms with Gasteiger partial charge in [-0.3, -0.25) is 4.79 Å². The zero-order valence-corrected chi connectivity index (χ0v) is 11.3. The number of piperidine rings is 3. The second-order valence-corrected chi connectivity index (χ2v) is 5.89. The molecule has 1 aromatic heterocycles. The van der Waals surface area contributed by atoms with Crippen LogP contribution in [0.25, 0.3) is 11.0 Å². The van der Waals surface area contributed by atoms with Crippen molar-refractivity contribution in [2.24, 2.45) is 5.92 Å². The van der Waals surface area contributed by atoms with Gasteiger partial charge in [0.25, 0.3) is 5.91 Å². The quantitative estimate of drug-likeness (QED) is 0.852. The SMILES string of the molecule is O=[13C](N[C@H]1CN2CCC1CC2)c1ccc2occc2c1. The molecule has 1 atom stereocenters. The fraction of sp³-hybridized carbons (Fsp3) is 0.438. The molecular weight excluding hydrogens is 253 g/mol. The van der Waals surface area contributed by atoms with E-state index >= 15 is 0 Å². The van der Waals surface area contributed by atoms with Gasteiger partial charge in [-0.05, 0) is 56.1 Å². The number of rotatable bonds is 2. The van der Waals surface area contributed by atoms with Crippen LogP contribution in [0.3, 0.4) is 0 Å². The van der Waals surface area contributed by atoms with Gasteiger partial charge in [-0.2, -0.15) is 0 Å². The van der Waals surface area contributed by atoms with Crippen molar-refractivity contribution in [1.82, 2.24) is 10.2 Å². The Balaban J connectivity index is 1.52. The summed E-state index contributed by atoms with van der Waals surface area (Å²) < 4.78 is 5.30. The van der Waals surface area contributed by atoms with Crippen LogP contribution in [-0.2, 0) is 0 Å². The number of carbonyl (C=O) groups is 1. The van der Waals surface area contributed by atoms with Crippen molar-refractivity contribution in [3.05, 3.63) is 36.1 Å². The summed E-state index contributed by atoms with van der Waals surface area (Å²) in [6.07, 6.45) is 4.08. The Morgan fingerprint density at radius 1 is 1.25 bits per heavy atom. The van der Waals surface area contributed by atoms with E-state index in [2.05, 4.69) is 10.2 Å². The van der Waals surface area contributed by atoms with Gasteiger partial charge in [0.2, 0.25) is 0 Å². The van der Waals surface area contributed by atoms with Gasteiger partial charge in [-0.1, -0.05) is 0 Å². The molecule has 1 aromatic carbocycles. The van der Waals surface area contributed by atoms with Crippen molar-refractivity contribution < 1.29 is 9.21 Å². The first-order valence-corrected chi connectivity index (χ1v) is 7.30. The maximum absolute atomic E-state index is 12.4. The van der Waals surface area contributed by atoms with Crippen molar-refractivity contribution >= 4 is 16.9 Å². The Morgan fingerprint density at radius 3 is 2.85 bits per heavy atom. The second-order valence-electron chi connectivity index (χ2n) is 5.89. The van der Waals surface area contributed by atoms with Crippen LogP contribution < -0.4 is 5.32 Å². The first-order valence-electron chi connectivity index (χ1n) is 7.30. The number of amides is 1. The van der Waals surface area contributed by atoms with Crippen LogP contribution in [0.1, 0.15) is 23.2 Å². The average molecular weight is 271 g/mol. The number of nitrogens with one attached hydrogen (secondary N) is 1. The highest BCUT2D eigenvalue weighted by molar-refractivity contribution is 5.97. The molecule has 1 N–H and O–H groups in total. The van der Waals surface area contributed by atoms with E-state index in [-0.39, 0.29) is 5.91 Å². The standard InChI is InChI=1S/C16H18N2O2/c19-16(13-1-2-15-12(9-13)5-8-20-15)17-14-10-18-6-3-11(14)4-7-18/h1-2,5,8-9,11,14H,3-4,6-7,10H2,(H,17,19)/t14-/m0/s1/i16+1. The van der Waals surface area contributed by atoms with Crippen LogP contribution in [0.15, 0.2) is 34.9 Å². The lowest BCUT2D eigenvalue weighted by molar-refractivity contribution is 0.0620. The van der Waals surface area contributed by atoms with Gasteiger partial charge in [0.1, 0.15) is 5.58 Å². The lowest BCUT2D eigenvalue weighted by Gasteiger charge is -2.44. The smallest absolute Gasteiger partial charge is 0.251 e. The van der Waals surface area contributed by atoms with Crippen LogP contribution in [0.5, 0.6) is 0 Å². The minimum atomic E-state index is 0.0341. The molecule has 4 heteroatoms. The fourth-order valence-electron chi connectivity index (χ4n) is 3.49. The Kier molecular flexibility index (Phi) is 2.77. The molecule has 0 radical (unpaired) electrons. The predicted molar refractivity (Wildman–Crippen MR) is 76.6 cm³/mol. The molecular formula is C16H18N2O2. The van der Waals surface area contributed by atoms with E-state index in [4.69, 9.17) is 4.42 Å². The Bertz CT molecular complexity index is 641. The van der Waals surface area contributed by atoms with Crippen LogP contribution in [0.4, 0.5) is 0 Å². The number of hydrogen-bond acceptors (Lipinski definition) is 3. The number of fused-ring (bicyclic) bond motifs is 4. The van der Waals surface area contributed by atoms with E-state index in [9.17, 15) is 4.79 Å². The molecule has 4 nitrogen and oxygen atoms in total. The highest BCUT2D eigenvalue weighted by Crippen LogP contribution is 2.27. The van der Waals surface area contributed by atoms with Gasteiger partial charge >= 0.3 is 0 Å². The van der Waals surface area contributed by atoms with Crippen molar-refractivity contribution in [2.45, 2.75) is 18.9 Å². The van der Waals surface area contributed by atoms with E-state index in [1.165, 1.54) is 25.9 Å². The van der Waals surface area contributed by atoms with Gasteiger partial charge in [-0.25, -0.2) is 0 Å². The van der Waals surface area contributed by atoms with E-state index in [0.29, 0.717) is 12.0 Å². The van der Waals surface area contributed by atoms with E-state index in [1.807, 2.05) is 24.3 Å². The molecule has 3 fully saturated rings. The topological polar surface area (TPSA) is 45.5 Å². The lowest BCUT2D eigenvalue weighted by atomic mass is 9.84. The third kappa shape index (κ3) is 2.00. The average Bonchev–Trinajstić information content (AvgIpc) is 2.96. The van der Waals surface area contributed by atoms with Gasteiger partial charge in [-0.15, -0.1) is 0 Å². The van der Waals surface area contributed by atoms with Crippen LogP contribution in [0, 0.1) is 5.92 Å². The number of furan rings is 1. The second kappa shape index (κ2) is 4.63. The molecule has 5 rings (SSSR count). The third-order valence-electron chi connectivity index (χ3n) is 4.69. The van der Waals surface area contributed by atoms with Crippen LogP contribution >= 0.6 is 0 Å². The summed E-state index contributed by atoms with van der Waals surface area (Å²) in [5.41, 5.74) is 1.54. The first-order chi connectivity index (χ1) is 9.79. The Labute approximate surface area is 117 Å². The minimum absolute atomic E-state index is 0.0341. The Hall–Kier alpha value is -1.81. The molecule has 3 aliphatic rings. The lowest BCUT2D eigenvalue weighted by Crippen LogP contribution is -2.57. The van der Waals surface area contributed by atoms with Crippen molar-refractivity contribution in [3.8, 4) is 0 Å². The molecule has 1 amide bonds. The van der Waals surface area contributed by atoms with Crippen molar-refractivity contribution in [2.75, 3.05) is 19.6 Å². The maximum atomic E-state index is 12.4. The highest BCUT2D eigenvalue weighted by Gasteiger charge is 2.34. The molecule has 0 saturated carbocycles. The fourth-order valence-corrected chi connectivity index (χ4v) is 3.49. The molecule has 3 aliphatic heterocycles. The summed E-state index contributed by atoms with van der Waals surface area (Å²) in [5.74, 6) is 0.688. The van der Waals surface area contributed by atoms with Crippen molar-refractivity contribution in [3.63, 3.8) is 0 Å². The maximum Gasteiger partial charge on any atom is 0.251 e. The number of nitrogens with zero attached hydrogens (tertiary/aromatic N) is 1. The van der Waals surface area contributed by atoms with Gasteiger partial charge < -0.3 is 14.6 Å². The molecule has 0 aliphatic carbocycles. The molecule has 2 aromatic rings. The third-order valence-corrected chi connectivity index (χ3v) is 4.69. The molecule has 20 heavy (non-hydrogen) atoms. The summed E-state index contributed by atoms with van der Waals surface area (Å²) in [4.78, 5) is 14.8. The van der Waals surface area contributed by atoms with E-state index < -0.39 is 0 Å². The van der Waals surface area contributed by atoms with Crippen molar-refractivity contribution in [1.29, 1.82) is 0 Å². The largest absolute Gasteiger partial charge is 0.464 e. The highest BCUT2D eigenvalue weighted by atomic mass is 16.3. The summed E-state index contributed by atoms with van der Waals surface area (Å²) in [5, 5.41) is 4.19. The minimum Gasteiger partial charge on any atom is -0.464 e. The summed E-state index contributed by atoms with van der Waals surface area (Å²) in [6.45, 7) is 3.39. The van der Waals surface area contributed by atoms with Gasteiger partial charge in [0.15, 0.2) is 0 Å². The predicted octanol–water partition coefficient (Wildman–Crippen LogP) is 2.26. The summed E-state index contributed by atoms with van der Waals surface area (Å²) in [7, 11) is 0. The normalized spacial score (nSPS) is 28.7. The van der Waals surface area contributed by atoms with E-state index in [0.717, 1.165) is 23.1 Å². The number of benzene rings is 1. The van der Waals surface area contributed by atoms with Crippen LogP contribution in [-0.4, -0.2) is 36.5 Å². The first kappa shape index (κ1) is 12.0.